The topological polar surface area (TPSA) is 64.9 Å². The summed E-state index contributed by atoms with van der Waals surface area (Å²) >= 11 is 0. The summed E-state index contributed by atoms with van der Waals surface area (Å²) in [7, 11) is 0. The highest BCUT2D eigenvalue weighted by atomic mass is 19.1. The largest absolute Gasteiger partial charge is 0.377 e. The molecule has 4 aliphatic rings. The van der Waals surface area contributed by atoms with E-state index in [9.17, 15) is 0 Å². The van der Waals surface area contributed by atoms with Gasteiger partial charge in [0.15, 0.2) is 23.5 Å². The van der Waals surface area contributed by atoms with Gasteiger partial charge in [0.2, 0.25) is 0 Å². The van der Waals surface area contributed by atoms with Crippen LogP contribution in [0.15, 0.2) is 6.20 Å². The van der Waals surface area contributed by atoms with Crippen molar-refractivity contribution in [3.05, 3.63) is 12.0 Å². The molecule has 0 spiro atoms. The lowest BCUT2D eigenvalue weighted by Gasteiger charge is -2.39. The van der Waals surface area contributed by atoms with E-state index in [-0.39, 0.29) is 30.2 Å². The molecule has 168 valence electrons. The molecule has 8 nitrogen and oxygen atoms in total. The van der Waals surface area contributed by atoms with Crippen LogP contribution >= 0.6 is 0 Å². The molecule has 4 saturated heterocycles. The number of pyridine rings is 1. The van der Waals surface area contributed by atoms with E-state index in [1.54, 1.807) is 6.20 Å². The Kier molecular flexibility index (Phi) is 5.00. The van der Waals surface area contributed by atoms with E-state index in [0.717, 1.165) is 44.1 Å². The monoisotopic (exact) mass is 431 g/mol. The molecule has 9 heteroatoms. The van der Waals surface area contributed by atoms with Crippen molar-refractivity contribution in [2.45, 2.75) is 63.4 Å². The van der Waals surface area contributed by atoms with Crippen LogP contribution in [-0.4, -0.2) is 72.5 Å². The first-order chi connectivity index (χ1) is 15.2. The van der Waals surface area contributed by atoms with Crippen molar-refractivity contribution < 1.29 is 18.6 Å². The van der Waals surface area contributed by atoms with E-state index in [0.29, 0.717) is 50.1 Å². The minimum atomic E-state index is -0.246. The molecule has 3 unspecified atom stereocenters. The first kappa shape index (κ1) is 19.7. The van der Waals surface area contributed by atoms with Crippen molar-refractivity contribution in [2.24, 2.45) is 0 Å². The number of ether oxygens (including phenoxy) is 3. The summed E-state index contributed by atoms with van der Waals surface area (Å²) < 4.78 is 35.5. The van der Waals surface area contributed by atoms with Gasteiger partial charge in [0.25, 0.3) is 0 Å². The van der Waals surface area contributed by atoms with Crippen molar-refractivity contribution >= 4 is 22.5 Å². The maximum Gasteiger partial charge on any atom is 0.189 e. The van der Waals surface area contributed by atoms with Crippen LogP contribution in [0.5, 0.6) is 0 Å². The van der Waals surface area contributed by atoms with Crippen LogP contribution < -0.4 is 9.80 Å². The minimum absolute atomic E-state index is 0.0809. The van der Waals surface area contributed by atoms with Crippen LogP contribution in [0.4, 0.5) is 15.9 Å². The Morgan fingerprint density at radius 3 is 2.61 bits per heavy atom. The zero-order chi connectivity index (χ0) is 20.9. The van der Waals surface area contributed by atoms with E-state index in [4.69, 9.17) is 19.2 Å². The highest BCUT2D eigenvalue weighted by Crippen LogP contribution is 2.41. The number of nitrogens with zero attached hydrogens (tertiary/aromatic N) is 5. The zero-order valence-corrected chi connectivity index (χ0v) is 18.0. The van der Waals surface area contributed by atoms with Crippen LogP contribution in [0.1, 0.15) is 45.3 Å². The van der Waals surface area contributed by atoms with Crippen molar-refractivity contribution in [1.82, 2.24) is 14.8 Å². The van der Waals surface area contributed by atoms with E-state index < -0.39 is 0 Å². The van der Waals surface area contributed by atoms with Crippen LogP contribution in [-0.2, 0) is 14.2 Å². The van der Waals surface area contributed by atoms with Gasteiger partial charge in [-0.2, -0.15) is 5.10 Å². The van der Waals surface area contributed by atoms with Gasteiger partial charge >= 0.3 is 0 Å². The van der Waals surface area contributed by atoms with E-state index in [2.05, 4.69) is 21.8 Å². The highest BCUT2D eigenvalue weighted by molar-refractivity contribution is 5.92. The van der Waals surface area contributed by atoms with Gasteiger partial charge in [0.1, 0.15) is 0 Å². The van der Waals surface area contributed by atoms with Crippen LogP contribution in [0.3, 0.4) is 0 Å². The van der Waals surface area contributed by atoms with Gasteiger partial charge in [-0.05, 0) is 39.0 Å². The third kappa shape index (κ3) is 3.20. The number of hydrogen-bond donors (Lipinski definition) is 0. The predicted octanol–water partition coefficient (Wildman–Crippen LogP) is 2.86. The minimum Gasteiger partial charge on any atom is -0.377 e. The number of anilines is 2. The first-order valence-electron chi connectivity index (χ1n) is 11.6. The second kappa shape index (κ2) is 7.86. The quantitative estimate of drug-likeness (QED) is 0.740. The molecule has 2 aromatic heterocycles. The number of halogens is 1. The molecule has 0 amide bonds. The van der Waals surface area contributed by atoms with Crippen LogP contribution in [0.2, 0.25) is 0 Å². The Balaban J connectivity index is 1.53. The molecule has 0 aliphatic carbocycles. The highest BCUT2D eigenvalue weighted by Gasteiger charge is 2.41. The van der Waals surface area contributed by atoms with Gasteiger partial charge in [-0.1, -0.05) is 0 Å². The van der Waals surface area contributed by atoms with E-state index in [1.807, 2.05) is 4.68 Å². The first-order valence-corrected chi connectivity index (χ1v) is 11.6. The van der Waals surface area contributed by atoms with E-state index in [1.165, 1.54) is 0 Å². The molecule has 31 heavy (non-hydrogen) atoms. The van der Waals surface area contributed by atoms with Crippen molar-refractivity contribution in [1.29, 1.82) is 0 Å². The summed E-state index contributed by atoms with van der Waals surface area (Å²) in [6.45, 7) is 5.89. The fraction of sp³-hybridized carbons (Fsp3) is 0.727. The second-order valence-corrected chi connectivity index (χ2v) is 9.19. The third-order valence-electron chi connectivity index (χ3n) is 7.21. The summed E-state index contributed by atoms with van der Waals surface area (Å²) in [5.41, 5.74) is 1.31. The average molecular weight is 432 g/mol. The molecule has 2 aromatic rings. The second-order valence-electron chi connectivity index (χ2n) is 9.19. The summed E-state index contributed by atoms with van der Waals surface area (Å²) in [5.74, 6) is 0.193. The Bertz CT molecular complexity index is 946. The predicted molar refractivity (Wildman–Crippen MR) is 114 cm³/mol. The lowest BCUT2D eigenvalue weighted by molar-refractivity contribution is -0.0370. The van der Waals surface area contributed by atoms with Crippen LogP contribution in [0, 0.1) is 5.82 Å². The molecular weight excluding hydrogens is 401 g/mol. The summed E-state index contributed by atoms with van der Waals surface area (Å²) in [6.07, 6.45) is 6.71. The fourth-order valence-electron chi connectivity index (χ4n) is 5.62. The third-order valence-corrected chi connectivity index (χ3v) is 7.21. The molecular formula is C22H30FN5O3. The number of rotatable bonds is 3. The molecule has 6 heterocycles. The molecule has 4 atom stereocenters. The molecule has 0 saturated carbocycles. The molecule has 2 bridgehead atoms. The number of fused-ring (bicyclic) bond motifs is 3. The van der Waals surface area contributed by atoms with Gasteiger partial charge in [-0.25, -0.2) is 14.1 Å². The molecule has 4 fully saturated rings. The molecule has 0 N–H and O–H groups in total. The smallest absolute Gasteiger partial charge is 0.189 e. The number of aromatic nitrogens is 3. The maximum absolute atomic E-state index is 16.3. The Hall–Kier alpha value is -1.97. The van der Waals surface area contributed by atoms with Crippen molar-refractivity contribution in [3.63, 3.8) is 0 Å². The Morgan fingerprint density at radius 2 is 1.87 bits per heavy atom. The standard InChI is InChI=1S/C22H30FN5O3/c1-14-11-29-9-7-26(14)20-17-10-24-28(18-4-2-3-8-31-18)21(17)25-22(19(20)23)27-15-5-6-16(27)13-30-12-15/h10,14-16,18H,2-9,11-13H2,1H3/t14-,15?,16?,18?/m1/s1. The maximum atomic E-state index is 16.3. The average Bonchev–Trinajstić information content (AvgIpc) is 3.31. The lowest BCUT2D eigenvalue weighted by atomic mass is 10.1. The summed E-state index contributed by atoms with van der Waals surface area (Å²) in [5, 5.41) is 5.40. The van der Waals surface area contributed by atoms with Gasteiger partial charge in [-0.3, -0.25) is 0 Å². The van der Waals surface area contributed by atoms with Gasteiger partial charge in [-0.15, -0.1) is 0 Å². The van der Waals surface area contributed by atoms with Crippen LogP contribution in [0.25, 0.3) is 11.0 Å². The fourth-order valence-corrected chi connectivity index (χ4v) is 5.62. The summed E-state index contributed by atoms with van der Waals surface area (Å²) in [6, 6.07) is 0.434. The summed E-state index contributed by atoms with van der Waals surface area (Å²) in [4.78, 5) is 9.21. The molecule has 4 aliphatic heterocycles. The number of morpholine rings is 2. The Morgan fingerprint density at radius 1 is 1.03 bits per heavy atom. The Labute approximate surface area is 181 Å². The molecule has 0 radical (unpaired) electrons. The zero-order valence-electron chi connectivity index (χ0n) is 18.0. The van der Waals surface area contributed by atoms with Gasteiger partial charge < -0.3 is 24.0 Å². The SMILES string of the molecule is C[C@@H]1COCCN1c1c(F)c(N2C3CCC2COC3)nc2c1cnn2C1CCCCO1. The van der Waals surface area contributed by atoms with Crippen molar-refractivity contribution in [2.75, 3.05) is 49.4 Å². The lowest BCUT2D eigenvalue weighted by Crippen LogP contribution is -2.47. The number of hydrogen-bond acceptors (Lipinski definition) is 7. The normalized spacial score (nSPS) is 31.5. The molecule has 0 aromatic carbocycles. The van der Waals surface area contributed by atoms with Gasteiger partial charge in [0, 0.05) is 19.2 Å². The van der Waals surface area contributed by atoms with E-state index >= 15 is 4.39 Å². The van der Waals surface area contributed by atoms with Crippen molar-refractivity contribution in [3.8, 4) is 0 Å². The molecule has 6 rings (SSSR count). The van der Waals surface area contributed by atoms with Gasteiger partial charge in [0.05, 0.1) is 55.8 Å².